The molecule has 10 heteroatoms. The quantitative estimate of drug-likeness (QED) is 0.265. The molecule has 144 valence electrons. The van der Waals surface area contributed by atoms with Crippen LogP contribution in [0.25, 0.3) is 0 Å². The first-order valence-electron chi connectivity index (χ1n) is 7.98. The summed E-state index contributed by atoms with van der Waals surface area (Å²) in [6.07, 6.45) is 2.64. The molecule has 0 spiro atoms. The van der Waals surface area contributed by atoms with Gasteiger partial charge in [-0.1, -0.05) is 5.21 Å². The molecule has 1 unspecified atom stereocenters. The van der Waals surface area contributed by atoms with E-state index in [9.17, 15) is 4.79 Å². The average molecular weight is 492 g/mol. The first-order chi connectivity index (χ1) is 12.0. The highest BCUT2D eigenvalue weighted by Crippen LogP contribution is 2.16. The predicted octanol–water partition coefficient (Wildman–Crippen LogP) is 1.74. The molecule has 0 radical (unpaired) electrons. The van der Waals surface area contributed by atoms with E-state index >= 15 is 0 Å². The number of hydrogen-bond acceptors (Lipinski definition) is 6. The molecule has 0 amide bonds. The van der Waals surface area contributed by atoms with E-state index in [4.69, 9.17) is 0 Å². The van der Waals surface area contributed by atoms with Gasteiger partial charge in [0.25, 0.3) is 0 Å². The monoisotopic (exact) mass is 492 g/mol. The van der Waals surface area contributed by atoms with Gasteiger partial charge in [-0.2, -0.15) is 0 Å². The zero-order valence-corrected chi connectivity index (χ0v) is 18.5. The molecule has 2 rings (SSSR count). The summed E-state index contributed by atoms with van der Waals surface area (Å²) >= 11 is 1.81. The van der Waals surface area contributed by atoms with Crippen LogP contribution in [0.4, 0.5) is 0 Å². The molecule has 1 atom stereocenters. The Labute approximate surface area is 174 Å². The maximum absolute atomic E-state index is 11.2. The van der Waals surface area contributed by atoms with Crippen molar-refractivity contribution in [3.05, 3.63) is 33.8 Å². The Morgan fingerprint density at radius 3 is 2.85 bits per heavy atom. The number of aromatic nitrogens is 3. The Morgan fingerprint density at radius 1 is 1.46 bits per heavy atom. The molecular formula is C16H25IN6O2S. The van der Waals surface area contributed by atoms with Crippen LogP contribution in [0.1, 0.15) is 22.4 Å². The minimum Gasteiger partial charge on any atom is -0.468 e. The minimum atomic E-state index is -0.362. The molecule has 2 aromatic heterocycles. The Morgan fingerprint density at radius 2 is 2.23 bits per heavy atom. The third-order valence-corrected chi connectivity index (χ3v) is 4.47. The summed E-state index contributed by atoms with van der Waals surface area (Å²) in [6, 6.07) is 4.55. The van der Waals surface area contributed by atoms with Crippen LogP contribution in [0.5, 0.6) is 0 Å². The smallest absolute Gasteiger partial charge is 0.327 e. The van der Waals surface area contributed by atoms with E-state index in [0.717, 1.165) is 6.42 Å². The van der Waals surface area contributed by atoms with Crippen LogP contribution in [0, 0.1) is 6.92 Å². The van der Waals surface area contributed by atoms with E-state index in [1.54, 1.807) is 13.2 Å². The summed E-state index contributed by atoms with van der Waals surface area (Å²) < 4.78 is 6.05. The zero-order valence-electron chi connectivity index (χ0n) is 15.4. The van der Waals surface area contributed by atoms with Gasteiger partial charge in [0.05, 0.1) is 19.9 Å². The van der Waals surface area contributed by atoms with Crippen LogP contribution in [-0.4, -0.2) is 47.1 Å². The van der Waals surface area contributed by atoms with Crippen LogP contribution >= 0.6 is 35.3 Å². The van der Waals surface area contributed by atoms with Crippen LogP contribution in [-0.2, 0) is 29.0 Å². The standard InChI is InChI=1S/C16H24N6O2S.HI/c1-11(7-14-6-5-12(2)25-14)19-16(17-3)18-8-13-9-22(21-20-13)10-15(23)24-4;/h5-6,9,11H,7-8,10H2,1-4H3,(H2,17,18,19);1H. The highest BCUT2D eigenvalue weighted by Gasteiger charge is 2.09. The number of esters is 1. The molecule has 0 aliphatic rings. The summed E-state index contributed by atoms with van der Waals surface area (Å²) in [5, 5.41) is 14.5. The van der Waals surface area contributed by atoms with Crippen LogP contribution in [0.2, 0.25) is 0 Å². The number of carbonyl (C=O) groups excluding carboxylic acids is 1. The number of guanidine groups is 1. The van der Waals surface area contributed by atoms with Gasteiger partial charge in [0.1, 0.15) is 12.2 Å². The molecule has 0 bridgehead atoms. The molecular weight excluding hydrogens is 467 g/mol. The van der Waals surface area contributed by atoms with Crippen molar-refractivity contribution >= 4 is 47.2 Å². The fraction of sp³-hybridized carbons (Fsp3) is 0.500. The van der Waals surface area contributed by atoms with Crippen molar-refractivity contribution in [3.63, 3.8) is 0 Å². The third-order valence-electron chi connectivity index (χ3n) is 3.45. The molecule has 0 saturated heterocycles. The molecule has 2 N–H and O–H groups in total. The number of carbonyl (C=O) groups is 1. The number of rotatable bonds is 7. The van der Waals surface area contributed by atoms with Gasteiger partial charge in [-0.25, -0.2) is 4.68 Å². The number of halogens is 1. The molecule has 0 aromatic carbocycles. The van der Waals surface area contributed by atoms with E-state index in [1.165, 1.54) is 21.5 Å². The van der Waals surface area contributed by atoms with Gasteiger partial charge in [-0.05, 0) is 26.0 Å². The number of aliphatic imine (C=N–C) groups is 1. The van der Waals surface area contributed by atoms with Gasteiger partial charge >= 0.3 is 5.97 Å². The SMILES string of the molecule is CN=C(NCc1cn(CC(=O)OC)nn1)NC(C)Cc1ccc(C)s1.I. The molecule has 0 aliphatic heterocycles. The summed E-state index contributed by atoms with van der Waals surface area (Å²) in [5.41, 5.74) is 0.716. The lowest BCUT2D eigenvalue weighted by Gasteiger charge is -2.16. The van der Waals surface area contributed by atoms with Crippen molar-refractivity contribution in [2.75, 3.05) is 14.2 Å². The number of nitrogens with zero attached hydrogens (tertiary/aromatic N) is 4. The Hall–Kier alpha value is -1.69. The third kappa shape index (κ3) is 7.28. The lowest BCUT2D eigenvalue weighted by atomic mass is 10.2. The van der Waals surface area contributed by atoms with Crippen LogP contribution in [0.15, 0.2) is 23.3 Å². The van der Waals surface area contributed by atoms with Gasteiger partial charge in [-0.3, -0.25) is 9.79 Å². The highest BCUT2D eigenvalue weighted by atomic mass is 127. The molecule has 2 heterocycles. The summed E-state index contributed by atoms with van der Waals surface area (Å²) in [4.78, 5) is 18.1. The molecule has 0 fully saturated rings. The molecule has 8 nitrogen and oxygen atoms in total. The molecule has 0 aliphatic carbocycles. The lowest BCUT2D eigenvalue weighted by molar-refractivity contribution is -0.141. The molecule has 2 aromatic rings. The fourth-order valence-corrected chi connectivity index (χ4v) is 3.26. The number of methoxy groups -OCH3 is 1. The van der Waals surface area contributed by atoms with Gasteiger partial charge in [0, 0.05) is 29.3 Å². The Bertz CT molecular complexity index is 730. The number of thiophene rings is 1. The van der Waals surface area contributed by atoms with Crippen molar-refractivity contribution in [1.82, 2.24) is 25.6 Å². The fourth-order valence-electron chi connectivity index (χ4n) is 2.24. The summed E-state index contributed by atoms with van der Waals surface area (Å²) in [7, 11) is 3.07. The van der Waals surface area contributed by atoms with E-state index in [2.05, 4.69) is 56.7 Å². The molecule has 0 saturated carbocycles. The van der Waals surface area contributed by atoms with E-state index < -0.39 is 0 Å². The maximum Gasteiger partial charge on any atom is 0.327 e. The van der Waals surface area contributed by atoms with E-state index in [0.29, 0.717) is 18.2 Å². The second-order valence-corrected chi connectivity index (χ2v) is 7.04. The second-order valence-electron chi connectivity index (χ2n) is 5.67. The van der Waals surface area contributed by atoms with Crippen LogP contribution in [0.3, 0.4) is 0 Å². The number of ether oxygens (including phenoxy) is 1. The van der Waals surface area contributed by atoms with Gasteiger partial charge in [0.15, 0.2) is 5.96 Å². The normalized spacial score (nSPS) is 12.2. The first kappa shape index (κ1) is 22.4. The predicted molar refractivity (Wildman–Crippen MR) is 113 cm³/mol. The minimum absolute atomic E-state index is 0. The average Bonchev–Trinajstić information content (AvgIpc) is 3.20. The van der Waals surface area contributed by atoms with E-state index in [1.807, 2.05) is 11.3 Å². The first-order valence-corrected chi connectivity index (χ1v) is 8.80. The van der Waals surface area contributed by atoms with Crippen molar-refractivity contribution in [2.45, 2.75) is 39.4 Å². The van der Waals surface area contributed by atoms with E-state index in [-0.39, 0.29) is 42.5 Å². The van der Waals surface area contributed by atoms with Crippen molar-refractivity contribution in [2.24, 2.45) is 4.99 Å². The number of aryl methyl sites for hydroxylation is 1. The zero-order chi connectivity index (χ0) is 18.2. The molecule has 26 heavy (non-hydrogen) atoms. The van der Waals surface area contributed by atoms with Gasteiger partial charge in [-0.15, -0.1) is 40.4 Å². The lowest BCUT2D eigenvalue weighted by Crippen LogP contribution is -2.42. The Kier molecular flexibility index (Phi) is 9.55. The van der Waals surface area contributed by atoms with Crippen molar-refractivity contribution < 1.29 is 9.53 Å². The van der Waals surface area contributed by atoms with Crippen LogP contribution < -0.4 is 10.6 Å². The summed E-state index contributed by atoms with van der Waals surface area (Å²) in [5.74, 6) is 0.336. The van der Waals surface area contributed by atoms with Crippen molar-refractivity contribution in [3.8, 4) is 0 Å². The Balaban J connectivity index is 0.00000338. The number of hydrogen-bond donors (Lipinski definition) is 2. The summed E-state index contributed by atoms with van der Waals surface area (Å²) in [6.45, 7) is 4.74. The maximum atomic E-state index is 11.2. The number of nitrogens with one attached hydrogen (secondary N) is 2. The second kappa shape index (κ2) is 11.1. The topological polar surface area (TPSA) is 93.4 Å². The van der Waals surface area contributed by atoms with Crippen molar-refractivity contribution in [1.29, 1.82) is 0 Å². The van der Waals surface area contributed by atoms with Gasteiger partial charge < -0.3 is 15.4 Å². The largest absolute Gasteiger partial charge is 0.468 e. The highest BCUT2D eigenvalue weighted by molar-refractivity contribution is 14.0. The van der Waals surface area contributed by atoms with Gasteiger partial charge in [0.2, 0.25) is 0 Å².